The highest BCUT2D eigenvalue weighted by Crippen LogP contribution is 2.29. The minimum absolute atomic E-state index is 0.0589. The molecule has 2 rings (SSSR count). The minimum atomic E-state index is -0.0700. The molecule has 0 bridgehead atoms. The zero-order chi connectivity index (χ0) is 12.5. The van der Waals surface area contributed by atoms with Crippen LogP contribution in [0.4, 0.5) is 5.69 Å². The number of hydrogen-bond donors (Lipinski definition) is 2. The first-order valence-corrected chi connectivity index (χ1v) is 6.67. The summed E-state index contributed by atoms with van der Waals surface area (Å²) in [5.41, 5.74) is 6.86. The molecular weight excluding hydrogens is 280 g/mol. The van der Waals surface area contributed by atoms with Gasteiger partial charge in [0.05, 0.1) is 5.56 Å². The molecule has 3 nitrogen and oxygen atoms in total. The van der Waals surface area contributed by atoms with Crippen LogP contribution in [0.3, 0.4) is 0 Å². The van der Waals surface area contributed by atoms with Gasteiger partial charge in [-0.1, -0.05) is 28.8 Å². The van der Waals surface area contributed by atoms with Gasteiger partial charge in [-0.15, -0.1) is 0 Å². The van der Waals surface area contributed by atoms with E-state index in [2.05, 4.69) is 28.2 Å². The third kappa shape index (κ3) is 2.80. The Balaban J connectivity index is 2.14. The van der Waals surface area contributed by atoms with Gasteiger partial charge in [0.15, 0.2) is 0 Å². The van der Waals surface area contributed by atoms with Crippen LogP contribution in [0.5, 0.6) is 0 Å². The molecule has 1 aromatic carbocycles. The van der Waals surface area contributed by atoms with Crippen molar-refractivity contribution in [3.05, 3.63) is 28.2 Å². The summed E-state index contributed by atoms with van der Waals surface area (Å²) in [7, 11) is 0. The van der Waals surface area contributed by atoms with Crippen LogP contribution in [-0.2, 0) is 0 Å². The number of benzene rings is 1. The first-order chi connectivity index (χ1) is 8.00. The fourth-order valence-electron chi connectivity index (χ4n) is 2.36. The zero-order valence-corrected chi connectivity index (χ0v) is 11.5. The normalized spacial score (nSPS) is 18.0. The van der Waals surface area contributed by atoms with Crippen molar-refractivity contribution in [1.29, 1.82) is 0 Å². The number of halogens is 1. The molecule has 17 heavy (non-hydrogen) atoms. The molecule has 4 heteroatoms. The molecule has 1 aliphatic carbocycles. The number of carbonyl (C=O) groups excluding carboxylic acids is 1. The number of amides is 1. The molecule has 0 aromatic heterocycles. The highest BCUT2D eigenvalue weighted by atomic mass is 79.9. The number of hydrogen-bond acceptors (Lipinski definition) is 2. The van der Waals surface area contributed by atoms with Crippen molar-refractivity contribution < 1.29 is 4.79 Å². The van der Waals surface area contributed by atoms with Gasteiger partial charge >= 0.3 is 0 Å². The smallest absolute Gasteiger partial charge is 0.253 e. The van der Waals surface area contributed by atoms with Gasteiger partial charge in [-0.3, -0.25) is 4.79 Å². The molecule has 0 spiro atoms. The maximum Gasteiger partial charge on any atom is 0.253 e. The summed E-state index contributed by atoms with van der Waals surface area (Å²) >= 11 is 3.33. The van der Waals surface area contributed by atoms with Crippen molar-refractivity contribution in [2.45, 2.75) is 38.1 Å². The lowest BCUT2D eigenvalue weighted by Gasteiger charge is -2.25. The monoisotopic (exact) mass is 296 g/mol. The van der Waals surface area contributed by atoms with E-state index >= 15 is 0 Å². The van der Waals surface area contributed by atoms with Gasteiger partial charge in [0.1, 0.15) is 0 Å². The van der Waals surface area contributed by atoms with Crippen LogP contribution in [0.1, 0.15) is 43.0 Å². The highest BCUT2D eigenvalue weighted by Gasteiger charge is 2.30. The summed E-state index contributed by atoms with van der Waals surface area (Å²) in [5, 5.41) is 3.10. The van der Waals surface area contributed by atoms with Crippen LogP contribution in [0, 0.1) is 0 Å². The van der Waals surface area contributed by atoms with E-state index in [4.69, 9.17) is 5.73 Å². The topological polar surface area (TPSA) is 55.1 Å². The Hall–Kier alpha value is -1.03. The standard InChI is InChI=1S/C13H17BrN2O/c1-13(6-2-3-7-13)16-12(17)10-5-4-9(14)8-11(10)15/h4-5,8H,2-3,6-7,15H2,1H3,(H,16,17). The molecule has 1 amide bonds. The van der Waals surface area contributed by atoms with Gasteiger partial charge in [-0.05, 0) is 38.0 Å². The summed E-state index contributed by atoms with van der Waals surface area (Å²) < 4.78 is 0.888. The predicted molar refractivity (Wildman–Crippen MR) is 72.9 cm³/mol. The van der Waals surface area contributed by atoms with Gasteiger partial charge in [0, 0.05) is 15.7 Å². The number of carbonyl (C=O) groups is 1. The molecule has 1 fully saturated rings. The van der Waals surface area contributed by atoms with E-state index in [0.717, 1.165) is 17.3 Å². The van der Waals surface area contributed by atoms with E-state index in [1.165, 1.54) is 12.8 Å². The Bertz CT molecular complexity index is 439. The third-order valence-corrected chi connectivity index (χ3v) is 3.87. The van der Waals surface area contributed by atoms with Gasteiger partial charge in [0.25, 0.3) is 5.91 Å². The van der Waals surface area contributed by atoms with Crippen molar-refractivity contribution in [3.8, 4) is 0 Å². The Morgan fingerprint density at radius 2 is 2.06 bits per heavy atom. The van der Waals surface area contributed by atoms with E-state index in [0.29, 0.717) is 11.3 Å². The molecule has 1 aliphatic rings. The number of rotatable bonds is 2. The van der Waals surface area contributed by atoms with E-state index in [9.17, 15) is 4.79 Å². The molecule has 1 saturated carbocycles. The average molecular weight is 297 g/mol. The van der Waals surface area contributed by atoms with Crippen LogP contribution in [0.15, 0.2) is 22.7 Å². The van der Waals surface area contributed by atoms with Crippen molar-refractivity contribution in [3.63, 3.8) is 0 Å². The second-order valence-electron chi connectivity index (χ2n) is 4.95. The number of nitrogens with two attached hydrogens (primary N) is 1. The average Bonchev–Trinajstić information content (AvgIpc) is 2.64. The Morgan fingerprint density at radius 3 is 2.65 bits per heavy atom. The third-order valence-electron chi connectivity index (χ3n) is 3.38. The van der Waals surface area contributed by atoms with Crippen LogP contribution < -0.4 is 11.1 Å². The van der Waals surface area contributed by atoms with Crippen molar-refractivity contribution in [2.75, 3.05) is 5.73 Å². The molecular formula is C13H17BrN2O. The van der Waals surface area contributed by atoms with Gasteiger partial charge < -0.3 is 11.1 Å². The summed E-state index contributed by atoms with van der Waals surface area (Å²) in [6, 6.07) is 5.35. The molecule has 0 aliphatic heterocycles. The van der Waals surface area contributed by atoms with Crippen LogP contribution in [-0.4, -0.2) is 11.4 Å². The fraction of sp³-hybridized carbons (Fsp3) is 0.462. The zero-order valence-electron chi connectivity index (χ0n) is 9.92. The number of nitrogens with one attached hydrogen (secondary N) is 1. The largest absolute Gasteiger partial charge is 0.398 e. The lowest BCUT2D eigenvalue weighted by molar-refractivity contribution is 0.0909. The minimum Gasteiger partial charge on any atom is -0.398 e. The Morgan fingerprint density at radius 1 is 1.41 bits per heavy atom. The molecule has 1 aromatic rings. The fourth-order valence-corrected chi connectivity index (χ4v) is 2.74. The van der Waals surface area contributed by atoms with Crippen molar-refractivity contribution >= 4 is 27.5 Å². The van der Waals surface area contributed by atoms with Gasteiger partial charge in [-0.25, -0.2) is 0 Å². The van der Waals surface area contributed by atoms with Gasteiger partial charge in [0.2, 0.25) is 0 Å². The van der Waals surface area contributed by atoms with Crippen molar-refractivity contribution in [2.24, 2.45) is 0 Å². The van der Waals surface area contributed by atoms with Crippen molar-refractivity contribution in [1.82, 2.24) is 5.32 Å². The van der Waals surface area contributed by atoms with Gasteiger partial charge in [-0.2, -0.15) is 0 Å². The van der Waals surface area contributed by atoms with E-state index in [1.807, 2.05) is 6.07 Å². The van der Waals surface area contributed by atoms with Crippen LogP contribution in [0.2, 0.25) is 0 Å². The van der Waals surface area contributed by atoms with E-state index in [-0.39, 0.29) is 11.4 Å². The molecule has 92 valence electrons. The maximum atomic E-state index is 12.1. The maximum absolute atomic E-state index is 12.1. The Labute approximate surface area is 110 Å². The first kappa shape index (κ1) is 12.4. The van der Waals surface area contributed by atoms with E-state index in [1.54, 1.807) is 12.1 Å². The SMILES string of the molecule is CC1(NC(=O)c2ccc(Br)cc2N)CCCC1. The second-order valence-corrected chi connectivity index (χ2v) is 5.87. The number of nitrogen functional groups attached to an aromatic ring is 1. The first-order valence-electron chi connectivity index (χ1n) is 5.88. The summed E-state index contributed by atoms with van der Waals surface area (Å²) in [5.74, 6) is -0.0700. The van der Waals surface area contributed by atoms with Crippen LogP contribution >= 0.6 is 15.9 Å². The Kier molecular flexibility index (Phi) is 3.43. The number of anilines is 1. The molecule has 3 N–H and O–H groups in total. The predicted octanol–water partition coefficient (Wildman–Crippen LogP) is 3.09. The molecule has 0 saturated heterocycles. The molecule has 0 heterocycles. The quantitative estimate of drug-likeness (QED) is 0.824. The summed E-state index contributed by atoms with van der Waals surface area (Å²) in [4.78, 5) is 12.1. The molecule has 0 unspecified atom stereocenters. The second kappa shape index (κ2) is 4.69. The lowest BCUT2D eigenvalue weighted by Crippen LogP contribution is -2.43. The molecule has 0 atom stereocenters. The summed E-state index contributed by atoms with van der Waals surface area (Å²) in [6.07, 6.45) is 4.48. The lowest BCUT2D eigenvalue weighted by atomic mass is 10.00. The highest BCUT2D eigenvalue weighted by molar-refractivity contribution is 9.10. The van der Waals surface area contributed by atoms with E-state index < -0.39 is 0 Å². The molecule has 0 radical (unpaired) electrons. The summed E-state index contributed by atoms with van der Waals surface area (Å²) in [6.45, 7) is 2.10. The van der Waals surface area contributed by atoms with Crippen LogP contribution in [0.25, 0.3) is 0 Å².